The molecule has 0 unspecified atom stereocenters. The fourth-order valence-electron chi connectivity index (χ4n) is 2.27. The zero-order chi connectivity index (χ0) is 14.3. The molecule has 20 heavy (non-hydrogen) atoms. The van der Waals surface area contributed by atoms with Gasteiger partial charge in [-0.2, -0.15) is 0 Å². The van der Waals surface area contributed by atoms with Crippen LogP contribution in [0.25, 0.3) is 22.0 Å². The van der Waals surface area contributed by atoms with Gasteiger partial charge in [0, 0.05) is 46.7 Å². The molecule has 0 bridgehead atoms. The monoisotopic (exact) mass is 285 g/mol. The van der Waals surface area contributed by atoms with Gasteiger partial charge in [-0.3, -0.25) is 9.78 Å². The van der Waals surface area contributed by atoms with Crippen molar-refractivity contribution in [3.8, 4) is 11.1 Å². The van der Waals surface area contributed by atoms with Crippen LogP contribution in [-0.2, 0) is 7.05 Å². The number of fused-ring (bicyclic) bond motifs is 1. The highest BCUT2D eigenvalue weighted by molar-refractivity contribution is 6.33. The summed E-state index contributed by atoms with van der Waals surface area (Å²) in [4.78, 5) is 16.6. The Morgan fingerprint density at radius 3 is 2.80 bits per heavy atom. The number of nitrogen functional groups attached to an aromatic ring is 1. The van der Waals surface area contributed by atoms with Crippen molar-refractivity contribution in [1.82, 2.24) is 9.55 Å². The van der Waals surface area contributed by atoms with Crippen LogP contribution in [0.2, 0.25) is 5.02 Å². The molecule has 0 atom stereocenters. The first-order valence-electron chi connectivity index (χ1n) is 6.07. The standard InChI is InChI=1S/C15H12ClN3O/c1-19-14-4-5-18-8-9(14)6-12(15(19)20)11-7-10(17)2-3-13(11)16/h2-8H,17H2,1H3. The molecule has 0 aliphatic heterocycles. The number of pyridine rings is 2. The zero-order valence-corrected chi connectivity index (χ0v) is 11.6. The second kappa shape index (κ2) is 4.65. The van der Waals surface area contributed by atoms with E-state index in [-0.39, 0.29) is 5.56 Å². The van der Waals surface area contributed by atoms with E-state index in [4.69, 9.17) is 17.3 Å². The Morgan fingerprint density at radius 2 is 2.00 bits per heavy atom. The Hall–Kier alpha value is -2.33. The lowest BCUT2D eigenvalue weighted by molar-refractivity contribution is 0.907. The molecule has 0 fully saturated rings. The van der Waals surface area contributed by atoms with Crippen molar-refractivity contribution in [2.24, 2.45) is 7.05 Å². The number of nitrogens with zero attached hydrogens (tertiary/aromatic N) is 2. The zero-order valence-electron chi connectivity index (χ0n) is 10.8. The molecule has 0 spiro atoms. The molecule has 0 aliphatic carbocycles. The minimum Gasteiger partial charge on any atom is -0.399 e. The second-order valence-corrected chi connectivity index (χ2v) is 5.00. The molecule has 2 heterocycles. The lowest BCUT2D eigenvalue weighted by Crippen LogP contribution is -2.19. The van der Waals surface area contributed by atoms with Gasteiger partial charge in [-0.25, -0.2) is 0 Å². The van der Waals surface area contributed by atoms with E-state index in [9.17, 15) is 4.79 Å². The van der Waals surface area contributed by atoms with Crippen LogP contribution in [-0.4, -0.2) is 9.55 Å². The first kappa shape index (κ1) is 12.7. The molecule has 2 aromatic heterocycles. The largest absolute Gasteiger partial charge is 0.399 e. The van der Waals surface area contributed by atoms with Crippen molar-refractivity contribution < 1.29 is 0 Å². The maximum Gasteiger partial charge on any atom is 0.258 e. The molecule has 0 aliphatic rings. The molecular formula is C15H12ClN3O. The second-order valence-electron chi connectivity index (χ2n) is 4.60. The molecule has 3 rings (SSSR count). The van der Waals surface area contributed by atoms with Gasteiger partial charge in [-0.1, -0.05) is 11.6 Å². The Morgan fingerprint density at radius 1 is 1.20 bits per heavy atom. The maximum atomic E-state index is 12.5. The highest BCUT2D eigenvalue weighted by Gasteiger charge is 2.12. The number of hydrogen-bond acceptors (Lipinski definition) is 3. The molecule has 2 N–H and O–H groups in total. The van der Waals surface area contributed by atoms with Crippen molar-refractivity contribution in [3.05, 3.63) is 58.1 Å². The van der Waals surface area contributed by atoms with Crippen molar-refractivity contribution in [1.29, 1.82) is 0 Å². The molecule has 0 saturated heterocycles. The summed E-state index contributed by atoms with van der Waals surface area (Å²) in [6.45, 7) is 0. The van der Waals surface area contributed by atoms with E-state index in [2.05, 4.69) is 4.98 Å². The predicted molar refractivity (Wildman–Crippen MR) is 81.8 cm³/mol. The summed E-state index contributed by atoms with van der Waals surface area (Å²) in [6, 6.07) is 8.71. The van der Waals surface area contributed by atoms with Crippen molar-refractivity contribution in [2.75, 3.05) is 5.73 Å². The Labute approximate surface area is 120 Å². The molecule has 1 aromatic carbocycles. The van der Waals surface area contributed by atoms with E-state index < -0.39 is 0 Å². The number of anilines is 1. The predicted octanol–water partition coefficient (Wildman–Crippen LogP) is 2.84. The number of hydrogen-bond donors (Lipinski definition) is 1. The van der Waals surface area contributed by atoms with E-state index in [1.807, 2.05) is 6.07 Å². The summed E-state index contributed by atoms with van der Waals surface area (Å²) in [5.74, 6) is 0. The van der Waals surface area contributed by atoms with Crippen LogP contribution in [0, 0.1) is 0 Å². The van der Waals surface area contributed by atoms with Gasteiger partial charge in [-0.05, 0) is 30.3 Å². The average Bonchev–Trinajstić information content (AvgIpc) is 2.46. The minimum absolute atomic E-state index is 0.115. The third-order valence-corrected chi connectivity index (χ3v) is 3.63. The molecular weight excluding hydrogens is 274 g/mol. The molecule has 4 nitrogen and oxygen atoms in total. The fourth-order valence-corrected chi connectivity index (χ4v) is 2.48. The minimum atomic E-state index is -0.115. The molecule has 0 saturated carbocycles. The average molecular weight is 286 g/mol. The number of benzene rings is 1. The van der Waals surface area contributed by atoms with Gasteiger partial charge in [0.25, 0.3) is 5.56 Å². The van der Waals surface area contributed by atoms with Crippen LogP contribution >= 0.6 is 11.6 Å². The Balaban J connectivity index is 2.40. The lowest BCUT2D eigenvalue weighted by Gasteiger charge is -2.10. The smallest absolute Gasteiger partial charge is 0.258 e. The van der Waals surface area contributed by atoms with Crippen molar-refractivity contribution in [3.63, 3.8) is 0 Å². The summed E-state index contributed by atoms with van der Waals surface area (Å²) in [5.41, 5.74) is 8.22. The van der Waals surface area contributed by atoms with Crippen LogP contribution < -0.4 is 11.3 Å². The van der Waals surface area contributed by atoms with Gasteiger partial charge >= 0.3 is 0 Å². The van der Waals surface area contributed by atoms with Gasteiger partial charge < -0.3 is 10.3 Å². The summed E-state index contributed by atoms with van der Waals surface area (Å²) in [6.07, 6.45) is 3.38. The molecule has 5 heteroatoms. The van der Waals surface area contributed by atoms with Gasteiger partial charge in [0.15, 0.2) is 0 Å². The van der Waals surface area contributed by atoms with E-state index in [1.165, 1.54) is 0 Å². The number of nitrogens with two attached hydrogens (primary N) is 1. The van der Waals surface area contributed by atoms with E-state index in [0.29, 0.717) is 21.8 Å². The maximum absolute atomic E-state index is 12.5. The third kappa shape index (κ3) is 1.94. The number of rotatable bonds is 1. The summed E-state index contributed by atoms with van der Waals surface area (Å²) in [5, 5.41) is 1.38. The summed E-state index contributed by atoms with van der Waals surface area (Å²) in [7, 11) is 1.73. The van der Waals surface area contributed by atoms with Gasteiger partial charge in [-0.15, -0.1) is 0 Å². The molecule has 100 valence electrons. The summed E-state index contributed by atoms with van der Waals surface area (Å²) < 4.78 is 1.59. The normalized spacial score (nSPS) is 10.9. The van der Waals surface area contributed by atoms with E-state index >= 15 is 0 Å². The van der Waals surface area contributed by atoms with Crippen molar-refractivity contribution in [2.45, 2.75) is 0 Å². The highest BCUT2D eigenvalue weighted by atomic mass is 35.5. The molecule has 3 aromatic rings. The van der Waals surface area contributed by atoms with Crippen LogP contribution in [0.3, 0.4) is 0 Å². The number of halogens is 1. The Kier molecular flexibility index (Phi) is 2.95. The topological polar surface area (TPSA) is 60.9 Å². The molecule has 0 amide bonds. The van der Waals surface area contributed by atoms with Crippen molar-refractivity contribution >= 4 is 28.2 Å². The third-order valence-electron chi connectivity index (χ3n) is 3.30. The quantitative estimate of drug-likeness (QED) is 0.699. The first-order chi connectivity index (χ1) is 9.58. The number of aryl methyl sites for hydroxylation is 1. The Bertz CT molecular complexity index is 871. The molecule has 0 radical (unpaired) electrons. The van der Waals surface area contributed by atoms with Gasteiger partial charge in [0.2, 0.25) is 0 Å². The van der Waals surface area contributed by atoms with Gasteiger partial charge in [0.1, 0.15) is 0 Å². The van der Waals surface area contributed by atoms with E-state index in [0.717, 1.165) is 10.9 Å². The van der Waals surface area contributed by atoms with E-state index in [1.54, 1.807) is 48.3 Å². The number of aromatic nitrogens is 2. The van der Waals surface area contributed by atoms with Gasteiger partial charge in [0.05, 0.1) is 5.52 Å². The SMILES string of the molecule is Cn1c(=O)c(-c2cc(N)ccc2Cl)cc2cnccc21. The fraction of sp³-hybridized carbons (Fsp3) is 0.0667. The van der Waals surface area contributed by atoms with Crippen LogP contribution in [0.15, 0.2) is 47.5 Å². The van der Waals surface area contributed by atoms with Crippen LogP contribution in [0.5, 0.6) is 0 Å². The highest BCUT2D eigenvalue weighted by Crippen LogP contribution is 2.29. The lowest BCUT2D eigenvalue weighted by atomic mass is 10.0. The first-order valence-corrected chi connectivity index (χ1v) is 6.45. The summed E-state index contributed by atoms with van der Waals surface area (Å²) >= 11 is 6.19. The van der Waals surface area contributed by atoms with Crippen LogP contribution in [0.4, 0.5) is 5.69 Å². The van der Waals surface area contributed by atoms with Crippen LogP contribution in [0.1, 0.15) is 0 Å².